The van der Waals surface area contributed by atoms with E-state index in [1.807, 2.05) is 30.3 Å². The van der Waals surface area contributed by atoms with Crippen LogP contribution in [0.3, 0.4) is 0 Å². The van der Waals surface area contributed by atoms with Gasteiger partial charge in [-0.05, 0) is 29.8 Å². The Morgan fingerprint density at radius 1 is 1.04 bits per heavy atom. The quantitative estimate of drug-likeness (QED) is 0.696. The first-order chi connectivity index (χ1) is 12.7. The van der Waals surface area contributed by atoms with Gasteiger partial charge >= 0.3 is 0 Å². The summed E-state index contributed by atoms with van der Waals surface area (Å²) < 4.78 is 24.5. The molecule has 2 aromatic rings. The highest BCUT2D eigenvalue weighted by atomic mass is 35.5. The Balaban J connectivity index is 0.00000392. The van der Waals surface area contributed by atoms with E-state index >= 15 is 0 Å². The predicted molar refractivity (Wildman–Crippen MR) is 110 cm³/mol. The lowest BCUT2D eigenvalue weighted by Gasteiger charge is -2.13. The topological polar surface area (TPSA) is 110 Å². The smallest absolute Gasteiger partial charge is 0.251 e. The van der Waals surface area contributed by atoms with Crippen molar-refractivity contribution in [2.75, 3.05) is 26.4 Å². The third-order valence-corrected chi connectivity index (χ3v) is 5.62. The summed E-state index contributed by atoms with van der Waals surface area (Å²) in [4.78, 5) is 25.1. The van der Waals surface area contributed by atoms with E-state index in [-0.39, 0.29) is 35.8 Å². The van der Waals surface area contributed by atoms with Crippen molar-refractivity contribution in [2.24, 2.45) is 5.73 Å². The van der Waals surface area contributed by atoms with Crippen LogP contribution in [-0.4, -0.2) is 51.5 Å². The molecule has 0 saturated heterocycles. The third kappa shape index (κ3) is 6.33. The molecule has 2 rings (SSSR count). The number of hydrogen-bond acceptors (Lipinski definition) is 5. The third-order valence-electron chi connectivity index (χ3n) is 4.00. The molecule has 1 unspecified atom stereocenters. The fourth-order valence-electron chi connectivity index (χ4n) is 2.31. The second-order valence-electron chi connectivity index (χ2n) is 6.30. The standard InChI is InChI=1S/C19H23N3O4S.ClH/c1-22(2)18(23)13-27(25,26)16-10-8-15(9-11-16)19(24)21-12-17(20)14-6-4-3-5-7-14;/h3-11,17H,12-13,20H2,1-2H3,(H,21,24);1H. The zero-order valence-electron chi connectivity index (χ0n) is 15.7. The van der Waals surface area contributed by atoms with Crippen molar-refractivity contribution in [1.29, 1.82) is 0 Å². The van der Waals surface area contributed by atoms with Crippen LogP contribution >= 0.6 is 12.4 Å². The number of nitrogens with zero attached hydrogens (tertiary/aromatic N) is 1. The minimum atomic E-state index is -3.75. The number of amides is 2. The molecule has 1 atom stereocenters. The summed E-state index contributed by atoms with van der Waals surface area (Å²) in [6.07, 6.45) is 0. The molecule has 0 aliphatic rings. The Morgan fingerprint density at radius 2 is 1.61 bits per heavy atom. The van der Waals surface area contributed by atoms with E-state index in [9.17, 15) is 18.0 Å². The van der Waals surface area contributed by atoms with Gasteiger partial charge < -0.3 is 16.0 Å². The van der Waals surface area contributed by atoms with Gasteiger partial charge in [-0.25, -0.2) is 8.42 Å². The van der Waals surface area contributed by atoms with Gasteiger partial charge in [0.05, 0.1) is 4.90 Å². The Morgan fingerprint density at radius 3 is 2.14 bits per heavy atom. The van der Waals surface area contributed by atoms with Crippen molar-refractivity contribution >= 4 is 34.1 Å². The molecule has 9 heteroatoms. The first kappa shape index (κ1) is 23.6. The highest BCUT2D eigenvalue weighted by molar-refractivity contribution is 7.92. The van der Waals surface area contributed by atoms with Gasteiger partial charge in [-0.2, -0.15) is 0 Å². The van der Waals surface area contributed by atoms with Gasteiger partial charge in [0.2, 0.25) is 5.91 Å². The lowest BCUT2D eigenvalue weighted by molar-refractivity contribution is -0.125. The Hall–Kier alpha value is -2.42. The maximum Gasteiger partial charge on any atom is 0.251 e. The highest BCUT2D eigenvalue weighted by Crippen LogP contribution is 2.14. The van der Waals surface area contributed by atoms with Gasteiger partial charge in [0, 0.05) is 32.2 Å². The van der Waals surface area contributed by atoms with Crippen LogP contribution in [0, 0.1) is 0 Å². The number of carbonyl (C=O) groups excluding carboxylic acids is 2. The average molecular weight is 426 g/mol. The van der Waals surface area contributed by atoms with Crippen LogP contribution in [0.4, 0.5) is 0 Å². The molecule has 0 spiro atoms. The molecule has 28 heavy (non-hydrogen) atoms. The number of halogens is 1. The summed E-state index contributed by atoms with van der Waals surface area (Å²) in [5.41, 5.74) is 7.26. The van der Waals surface area contributed by atoms with Crippen molar-refractivity contribution < 1.29 is 18.0 Å². The van der Waals surface area contributed by atoms with Gasteiger partial charge in [-0.15, -0.1) is 12.4 Å². The molecule has 0 aliphatic heterocycles. The van der Waals surface area contributed by atoms with Gasteiger partial charge in [-0.1, -0.05) is 30.3 Å². The van der Waals surface area contributed by atoms with Crippen LogP contribution in [-0.2, 0) is 14.6 Å². The second kappa shape index (κ2) is 10.2. The van der Waals surface area contributed by atoms with Crippen LogP contribution in [0.5, 0.6) is 0 Å². The Bertz CT molecular complexity index is 901. The molecule has 3 N–H and O–H groups in total. The lowest BCUT2D eigenvalue weighted by atomic mass is 10.1. The normalized spacial score (nSPS) is 11.8. The number of rotatable bonds is 7. The number of nitrogens with two attached hydrogens (primary N) is 1. The van der Waals surface area contributed by atoms with E-state index < -0.39 is 21.5 Å². The highest BCUT2D eigenvalue weighted by Gasteiger charge is 2.21. The van der Waals surface area contributed by atoms with Crippen molar-refractivity contribution in [3.05, 3.63) is 65.7 Å². The predicted octanol–water partition coefficient (Wildman–Crippen LogP) is 1.40. The van der Waals surface area contributed by atoms with Crippen LogP contribution in [0.25, 0.3) is 0 Å². The van der Waals surface area contributed by atoms with Gasteiger partial charge in [0.1, 0.15) is 5.75 Å². The van der Waals surface area contributed by atoms with Crippen molar-refractivity contribution in [1.82, 2.24) is 10.2 Å². The molecular formula is C19H24ClN3O4S. The lowest BCUT2D eigenvalue weighted by Crippen LogP contribution is -2.32. The van der Waals surface area contributed by atoms with Crippen LogP contribution < -0.4 is 11.1 Å². The first-order valence-corrected chi connectivity index (χ1v) is 9.97. The van der Waals surface area contributed by atoms with E-state index in [2.05, 4.69) is 5.32 Å². The Labute approximate surface area is 171 Å². The SMILES string of the molecule is CN(C)C(=O)CS(=O)(=O)c1ccc(C(=O)NCC(N)c2ccccc2)cc1.Cl. The molecule has 0 radical (unpaired) electrons. The largest absolute Gasteiger partial charge is 0.350 e. The summed E-state index contributed by atoms with van der Waals surface area (Å²) in [7, 11) is -0.769. The minimum Gasteiger partial charge on any atom is -0.350 e. The van der Waals surface area contributed by atoms with E-state index in [1.54, 1.807) is 0 Å². The molecule has 7 nitrogen and oxygen atoms in total. The number of nitrogens with one attached hydrogen (secondary N) is 1. The summed E-state index contributed by atoms with van der Waals surface area (Å²) >= 11 is 0. The minimum absolute atomic E-state index is 0. The zero-order valence-corrected chi connectivity index (χ0v) is 17.3. The fourth-order valence-corrected chi connectivity index (χ4v) is 3.61. The molecule has 0 saturated carbocycles. The molecule has 2 amide bonds. The molecule has 152 valence electrons. The zero-order chi connectivity index (χ0) is 20.0. The summed E-state index contributed by atoms with van der Waals surface area (Å²) in [5.74, 6) is -1.47. The molecule has 0 aliphatic carbocycles. The van der Waals surface area contributed by atoms with Gasteiger partial charge in [-0.3, -0.25) is 9.59 Å². The van der Waals surface area contributed by atoms with E-state index in [1.165, 1.54) is 43.3 Å². The van der Waals surface area contributed by atoms with Crippen molar-refractivity contribution in [2.45, 2.75) is 10.9 Å². The molecule has 0 bridgehead atoms. The number of benzene rings is 2. The molecule has 0 fully saturated rings. The summed E-state index contributed by atoms with van der Waals surface area (Å²) in [5, 5.41) is 2.73. The van der Waals surface area contributed by atoms with Crippen molar-refractivity contribution in [3.63, 3.8) is 0 Å². The maximum absolute atomic E-state index is 12.2. The van der Waals surface area contributed by atoms with Gasteiger partial charge in [0.15, 0.2) is 9.84 Å². The maximum atomic E-state index is 12.2. The number of carbonyl (C=O) groups is 2. The second-order valence-corrected chi connectivity index (χ2v) is 8.29. The first-order valence-electron chi connectivity index (χ1n) is 8.32. The summed E-state index contributed by atoms with van der Waals surface area (Å²) in [6, 6.07) is 14.5. The van der Waals surface area contributed by atoms with E-state index in [4.69, 9.17) is 5.73 Å². The monoisotopic (exact) mass is 425 g/mol. The molecular weight excluding hydrogens is 402 g/mol. The average Bonchev–Trinajstić information content (AvgIpc) is 2.66. The fraction of sp³-hybridized carbons (Fsp3) is 0.263. The van der Waals surface area contributed by atoms with Crippen molar-refractivity contribution in [3.8, 4) is 0 Å². The number of sulfone groups is 1. The number of hydrogen-bond donors (Lipinski definition) is 2. The molecule has 2 aromatic carbocycles. The van der Waals surface area contributed by atoms with E-state index in [0.29, 0.717) is 5.56 Å². The van der Waals surface area contributed by atoms with Crippen LogP contribution in [0.2, 0.25) is 0 Å². The Kier molecular flexibility index (Phi) is 8.62. The van der Waals surface area contributed by atoms with E-state index in [0.717, 1.165) is 5.56 Å². The molecule has 0 heterocycles. The summed E-state index contributed by atoms with van der Waals surface area (Å²) in [6.45, 7) is 0.250. The van der Waals surface area contributed by atoms with Gasteiger partial charge in [0.25, 0.3) is 5.91 Å². The molecule has 0 aromatic heterocycles. The van der Waals surface area contributed by atoms with Crippen LogP contribution in [0.1, 0.15) is 22.0 Å². The van der Waals surface area contributed by atoms with Crippen LogP contribution in [0.15, 0.2) is 59.5 Å².